The number of nitrogens with zero attached hydrogens (tertiary/aromatic N) is 3. The Morgan fingerprint density at radius 2 is 2.28 bits per heavy atom. The molecule has 2 N–H and O–H groups in total. The summed E-state index contributed by atoms with van der Waals surface area (Å²) in [7, 11) is 5.63. The highest BCUT2D eigenvalue weighted by molar-refractivity contribution is 5.94. The quantitative estimate of drug-likeness (QED) is 0.838. The first-order valence-electron chi connectivity index (χ1n) is 5.60. The molecule has 0 aliphatic rings. The van der Waals surface area contributed by atoms with Gasteiger partial charge in [-0.05, 0) is 19.2 Å². The molecule has 2 aromatic rings. The molecule has 0 spiro atoms. The van der Waals surface area contributed by atoms with E-state index in [0.717, 1.165) is 5.69 Å². The molecular formula is C12H16N4O2. The minimum Gasteiger partial charge on any atom is -0.476 e. The van der Waals surface area contributed by atoms with E-state index in [1.54, 1.807) is 11.4 Å². The van der Waals surface area contributed by atoms with Gasteiger partial charge in [0.05, 0.1) is 12.1 Å². The van der Waals surface area contributed by atoms with Crippen molar-refractivity contribution in [2.75, 3.05) is 26.0 Å². The normalized spacial score (nSPS) is 10.8. The van der Waals surface area contributed by atoms with Crippen LogP contribution in [0.25, 0.3) is 5.52 Å². The summed E-state index contributed by atoms with van der Waals surface area (Å²) in [6, 6.07) is 3.76. The van der Waals surface area contributed by atoms with Crippen LogP contribution in [0, 0.1) is 0 Å². The summed E-state index contributed by atoms with van der Waals surface area (Å²) in [5.41, 5.74) is 1.64. The Balaban J connectivity index is 2.67. The zero-order valence-corrected chi connectivity index (χ0v) is 10.6. The lowest BCUT2D eigenvalue weighted by Gasteiger charge is -2.12. The van der Waals surface area contributed by atoms with Crippen molar-refractivity contribution in [2.24, 2.45) is 0 Å². The van der Waals surface area contributed by atoms with Crippen molar-refractivity contribution in [3.05, 3.63) is 29.8 Å². The molecule has 6 heteroatoms. The SMILES string of the molecule is CNCc1nc(C(=O)O)c2cc(N(C)C)ccn12. The third-order valence-electron chi connectivity index (χ3n) is 2.75. The van der Waals surface area contributed by atoms with Gasteiger partial charge in [0.15, 0.2) is 5.69 Å². The van der Waals surface area contributed by atoms with Gasteiger partial charge in [-0.3, -0.25) is 0 Å². The van der Waals surface area contributed by atoms with Crippen LogP contribution in [-0.4, -0.2) is 41.6 Å². The predicted octanol–water partition coefficient (Wildman–Crippen LogP) is 0.818. The molecule has 0 fully saturated rings. The molecular weight excluding hydrogens is 232 g/mol. The first-order chi connectivity index (χ1) is 8.54. The van der Waals surface area contributed by atoms with Crippen LogP contribution in [0.2, 0.25) is 0 Å². The lowest BCUT2D eigenvalue weighted by Crippen LogP contribution is -2.10. The van der Waals surface area contributed by atoms with Crippen LogP contribution in [0.4, 0.5) is 5.69 Å². The maximum Gasteiger partial charge on any atom is 0.356 e. The molecule has 0 bridgehead atoms. The van der Waals surface area contributed by atoms with Crippen molar-refractivity contribution in [3.8, 4) is 0 Å². The molecule has 0 aliphatic carbocycles. The van der Waals surface area contributed by atoms with Crippen LogP contribution in [0.5, 0.6) is 0 Å². The van der Waals surface area contributed by atoms with Crippen LogP contribution in [0.3, 0.4) is 0 Å². The summed E-state index contributed by atoms with van der Waals surface area (Å²) in [5, 5.41) is 12.2. The van der Waals surface area contributed by atoms with E-state index in [4.69, 9.17) is 0 Å². The minimum absolute atomic E-state index is 0.0870. The van der Waals surface area contributed by atoms with E-state index in [2.05, 4.69) is 10.3 Å². The van der Waals surface area contributed by atoms with E-state index >= 15 is 0 Å². The predicted molar refractivity (Wildman–Crippen MR) is 69.2 cm³/mol. The number of carbonyl (C=O) groups is 1. The Morgan fingerprint density at radius 3 is 2.83 bits per heavy atom. The molecule has 2 aromatic heterocycles. The van der Waals surface area contributed by atoms with Gasteiger partial charge >= 0.3 is 5.97 Å². The monoisotopic (exact) mass is 248 g/mol. The fourth-order valence-corrected chi connectivity index (χ4v) is 1.86. The first-order valence-corrected chi connectivity index (χ1v) is 5.60. The standard InChI is InChI=1S/C12H16N4O2/c1-13-7-10-14-11(12(17)18)9-6-8(15(2)3)4-5-16(9)10/h4-6,13H,7H2,1-3H3,(H,17,18). The molecule has 0 unspecified atom stereocenters. The van der Waals surface area contributed by atoms with Gasteiger partial charge < -0.3 is 19.7 Å². The average Bonchev–Trinajstić information content (AvgIpc) is 2.68. The van der Waals surface area contributed by atoms with Crippen LogP contribution in [-0.2, 0) is 6.54 Å². The third-order valence-corrected chi connectivity index (χ3v) is 2.75. The Morgan fingerprint density at radius 1 is 1.56 bits per heavy atom. The second-order valence-corrected chi connectivity index (χ2v) is 4.25. The fraction of sp³-hybridized carbons (Fsp3) is 0.333. The van der Waals surface area contributed by atoms with E-state index in [1.807, 2.05) is 37.3 Å². The van der Waals surface area contributed by atoms with Gasteiger partial charge in [-0.2, -0.15) is 0 Å². The number of carboxylic acid groups (broad SMARTS) is 1. The number of aromatic carboxylic acids is 1. The molecule has 0 aliphatic heterocycles. The van der Waals surface area contributed by atoms with Gasteiger partial charge in [0, 0.05) is 26.0 Å². The van der Waals surface area contributed by atoms with Gasteiger partial charge in [0.1, 0.15) is 5.82 Å². The van der Waals surface area contributed by atoms with Gasteiger partial charge in [0.2, 0.25) is 0 Å². The van der Waals surface area contributed by atoms with Crippen LogP contribution in [0.15, 0.2) is 18.3 Å². The number of anilines is 1. The number of aromatic nitrogens is 2. The van der Waals surface area contributed by atoms with Crippen molar-refractivity contribution in [1.29, 1.82) is 0 Å². The highest BCUT2D eigenvalue weighted by atomic mass is 16.4. The maximum absolute atomic E-state index is 11.2. The molecule has 0 radical (unpaired) electrons. The molecule has 2 heterocycles. The largest absolute Gasteiger partial charge is 0.476 e. The van der Waals surface area contributed by atoms with E-state index in [1.165, 1.54) is 0 Å². The number of pyridine rings is 1. The lowest BCUT2D eigenvalue weighted by atomic mass is 10.3. The molecule has 6 nitrogen and oxygen atoms in total. The summed E-state index contributed by atoms with van der Waals surface area (Å²) in [6.07, 6.45) is 1.84. The molecule has 96 valence electrons. The number of hydrogen-bond donors (Lipinski definition) is 2. The number of fused-ring (bicyclic) bond motifs is 1. The van der Waals surface area contributed by atoms with Crippen LogP contribution < -0.4 is 10.2 Å². The summed E-state index contributed by atoms with van der Waals surface area (Å²) < 4.78 is 1.80. The molecule has 0 atom stereocenters. The Hall–Kier alpha value is -2.08. The van der Waals surface area contributed by atoms with Crippen molar-refractivity contribution < 1.29 is 9.90 Å². The zero-order valence-electron chi connectivity index (χ0n) is 10.6. The van der Waals surface area contributed by atoms with E-state index < -0.39 is 5.97 Å². The molecule has 2 rings (SSSR count). The highest BCUT2D eigenvalue weighted by Gasteiger charge is 2.16. The molecule has 0 saturated heterocycles. The van der Waals surface area contributed by atoms with Crippen LogP contribution in [0.1, 0.15) is 16.3 Å². The summed E-state index contributed by atoms with van der Waals surface area (Å²) in [5.74, 6) is -0.319. The fourth-order valence-electron chi connectivity index (χ4n) is 1.86. The Labute approximate surface area is 105 Å². The lowest BCUT2D eigenvalue weighted by molar-refractivity contribution is 0.0693. The zero-order chi connectivity index (χ0) is 13.3. The minimum atomic E-state index is -1.01. The van der Waals surface area contributed by atoms with Crippen molar-refractivity contribution in [2.45, 2.75) is 6.54 Å². The van der Waals surface area contributed by atoms with Crippen molar-refractivity contribution in [3.63, 3.8) is 0 Å². The van der Waals surface area contributed by atoms with Crippen molar-refractivity contribution >= 4 is 17.2 Å². The molecule has 18 heavy (non-hydrogen) atoms. The Bertz CT molecular complexity index is 589. The topological polar surface area (TPSA) is 69.9 Å². The maximum atomic E-state index is 11.2. The smallest absolute Gasteiger partial charge is 0.356 e. The number of carboxylic acids is 1. The summed E-state index contributed by atoms with van der Waals surface area (Å²) in [6.45, 7) is 0.524. The Kier molecular flexibility index (Phi) is 3.20. The molecule has 0 amide bonds. The van der Waals surface area contributed by atoms with E-state index in [0.29, 0.717) is 17.9 Å². The second-order valence-electron chi connectivity index (χ2n) is 4.25. The first kappa shape index (κ1) is 12.4. The van der Waals surface area contributed by atoms with E-state index in [9.17, 15) is 9.90 Å². The van der Waals surface area contributed by atoms with Crippen LogP contribution >= 0.6 is 0 Å². The average molecular weight is 248 g/mol. The highest BCUT2D eigenvalue weighted by Crippen LogP contribution is 2.19. The number of rotatable bonds is 4. The van der Waals surface area contributed by atoms with Gasteiger partial charge in [-0.1, -0.05) is 0 Å². The summed E-state index contributed by atoms with van der Waals surface area (Å²) in [4.78, 5) is 17.3. The number of imidazole rings is 1. The molecule has 0 aromatic carbocycles. The van der Waals surface area contributed by atoms with Gasteiger partial charge in [-0.15, -0.1) is 0 Å². The van der Waals surface area contributed by atoms with E-state index in [-0.39, 0.29) is 5.69 Å². The van der Waals surface area contributed by atoms with Gasteiger partial charge in [0.25, 0.3) is 0 Å². The third kappa shape index (κ3) is 2.02. The number of hydrogen-bond acceptors (Lipinski definition) is 4. The second kappa shape index (κ2) is 4.66. The van der Waals surface area contributed by atoms with Gasteiger partial charge in [-0.25, -0.2) is 9.78 Å². The molecule has 0 saturated carbocycles. The van der Waals surface area contributed by atoms with Crippen molar-refractivity contribution in [1.82, 2.24) is 14.7 Å². The summed E-state index contributed by atoms with van der Waals surface area (Å²) >= 11 is 0. The number of nitrogens with one attached hydrogen (secondary N) is 1.